The van der Waals surface area contributed by atoms with Crippen LogP contribution in [0.1, 0.15) is 5.56 Å². The Morgan fingerprint density at radius 3 is 2.44 bits per heavy atom. The molecule has 1 aromatic carbocycles. The van der Waals surface area contributed by atoms with Crippen LogP contribution in [-0.4, -0.2) is 38.0 Å². The molecule has 0 saturated heterocycles. The number of nitrogens with one attached hydrogen (secondary N) is 1. The van der Waals surface area contributed by atoms with E-state index in [-0.39, 0.29) is 5.91 Å². The van der Waals surface area contributed by atoms with Gasteiger partial charge in [0.2, 0.25) is 5.91 Å². The fraction of sp³-hybridized carbons (Fsp3) is 0.417. The van der Waals surface area contributed by atoms with Gasteiger partial charge in [0, 0.05) is 5.69 Å². The Hall–Kier alpha value is -1.39. The first-order valence-corrected chi connectivity index (χ1v) is 5.35. The Labute approximate surface area is 96.4 Å². The molecule has 3 N–H and O–H groups in total. The average molecular weight is 221 g/mol. The number of anilines is 1. The average Bonchev–Trinajstić information content (AvgIpc) is 2.20. The molecule has 0 bridgehead atoms. The van der Waals surface area contributed by atoms with Crippen molar-refractivity contribution in [3.8, 4) is 0 Å². The molecule has 0 aliphatic rings. The minimum atomic E-state index is -0.00317. The monoisotopic (exact) mass is 221 g/mol. The molecule has 88 valence electrons. The zero-order valence-electron chi connectivity index (χ0n) is 9.86. The Kier molecular flexibility index (Phi) is 4.95. The molecule has 0 heterocycles. The van der Waals surface area contributed by atoms with Crippen LogP contribution in [0.4, 0.5) is 5.69 Å². The van der Waals surface area contributed by atoms with Gasteiger partial charge in [-0.3, -0.25) is 4.79 Å². The molecule has 0 aliphatic carbocycles. The van der Waals surface area contributed by atoms with Gasteiger partial charge in [0.15, 0.2) is 0 Å². The molecule has 0 aromatic heterocycles. The second-order valence-electron chi connectivity index (χ2n) is 4.02. The van der Waals surface area contributed by atoms with Crippen LogP contribution >= 0.6 is 0 Å². The molecule has 0 unspecified atom stereocenters. The molecule has 0 aliphatic heterocycles. The highest BCUT2D eigenvalue weighted by Crippen LogP contribution is 2.09. The van der Waals surface area contributed by atoms with Gasteiger partial charge in [0.1, 0.15) is 0 Å². The van der Waals surface area contributed by atoms with E-state index in [0.29, 0.717) is 13.1 Å². The van der Waals surface area contributed by atoms with Gasteiger partial charge in [-0.15, -0.1) is 0 Å². The Morgan fingerprint density at radius 2 is 1.94 bits per heavy atom. The highest BCUT2D eigenvalue weighted by molar-refractivity contribution is 5.92. The molecule has 0 fully saturated rings. The summed E-state index contributed by atoms with van der Waals surface area (Å²) < 4.78 is 0. The maximum absolute atomic E-state index is 11.5. The maximum Gasteiger partial charge on any atom is 0.238 e. The summed E-state index contributed by atoms with van der Waals surface area (Å²) in [6, 6.07) is 7.77. The number of nitrogens with zero attached hydrogens (tertiary/aromatic N) is 1. The first-order valence-electron chi connectivity index (χ1n) is 5.35. The van der Waals surface area contributed by atoms with Crippen molar-refractivity contribution in [3.05, 3.63) is 29.8 Å². The molecule has 0 atom stereocenters. The van der Waals surface area contributed by atoms with E-state index in [1.54, 1.807) is 0 Å². The minimum Gasteiger partial charge on any atom is -0.330 e. The van der Waals surface area contributed by atoms with Crippen LogP contribution in [-0.2, 0) is 11.2 Å². The van der Waals surface area contributed by atoms with Gasteiger partial charge in [-0.25, -0.2) is 0 Å². The summed E-state index contributed by atoms with van der Waals surface area (Å²) in [4.78, 5) is 13.3. The summed E-state index contributed by atoms with van der Waals surface area (Å²) in [6.07, 6.45) is 0.867. The molecule has 0 radical (unpaired) electrons. The number of hydrogen-bond acceptors (Lipinski definition) is 3. The van der Waals surface area contributed by atoms with E-state index >= 15 is 0 Å². The lowest BCUT2D eigenvalue weighted by Gasteiger charge is -2.10. The van der Waals surface area contributed by atoms with E-state index in [1.165, 1.54) is 5.56 Å². The largest absolute Gasteiger partial charge is 0.330 e. The summed E-state index contributed by atoms with van der Waals surface area (Å²) in [6.45, 7) is 1.04. The highest BCUT2D eigenvalue weighted by Gasteiger charge is 2.03. The highest BCUT2D eigenvalue weighted by atomic mass is 16.2. The van der Waals surface area contributed by atoms with Crippen LogP contribution in [0, 0.1) is 0 Å². The van der Waals surface area contributed by atoms with E-state index < -0.39 is 0 Å². The van der Waals surface area contributed by atoms with Crippen LogP contribution in [0.15, 0.2) is 24.3 Å². The third-order valence-corrected chi connectivity index (χ3v) is 2.13. The summed E-state index contributed by atoms with van der Waals surface area (Å²) >= 11 is 0. The first-order chi connectivity index (χ1) is 7.61. The number of likely N-dealkylation sites (N-methyl/N-ethyl adjacent to an activating group) is 1. The summed E-state index contributed by atoms with van der Waals surface area (Å²) in [7, 11) is 3.73. The van der Waals surface area contributed by atoms with Gasteiger partial charge in [-0.05, 0) is 44.8 Å². The third-order valence-electron chi connectivity index (χ3n) is 2.13. The Bertz CT molecular complexity index is 333. The quantitative estimate of drug-likeness (QED) is 0.769. The van der Waals surface area contributed by atoms with Gasteiger partial charge < -0.3 is 16.0 Å². The van der Waals surface area contributed by atoms with Crippen molar-refractivity contribution in [1.82, 2.24) is 4.90 Å². The molecule has 1 aromatic rings. The Morgan fingerprint density at radius 1 is 1.31 bits per heavy atom. The van der Waals surface area contributed by atoms with E-state index in [9.17, 15) is 4.79 Å². The molecule has 4 nitrogen and oxygen atoms in total. The summed E-state index contributed by atoms with van der Waals surface area (Å²) in [5, 5.41) is 2.83. The smallest absolute Gasteiger partial charge is 0.238 e. The van der Waals surface area contributed by atoms with Crippen molar-refractivity contribution in [2.24, 2.45) is 5.73 Å². The second-order valence-corrected chi connectivity index (χ2v) is 4.02. The van der Waals surface area contributed by atoms with Crippen LogP contribution in [0.5, 0.6) is 0 Å². The molecular formula is C12H19N3O. The van der Waals surface area contributed by atoms with Crippen molar-refractivity contribution in [1.29, 1.82) is 0 Å². The fourth-order valence-electron chi connectivity index (χ4n) is 1.41. The van der Waals surface area contributed by atoms with E-state index in [4.69, 9.17) is 5.73 Å². The van der Waals surface area contributed by atoms with Crippen LogP contribution in [0.3, 0.4) is 0 Å². The van der Waals surface area contributed by atoms with Gasteiger partial charge >= 0.3 is 0 Å². The van der Waals surface area contributed by atoms with Gasteiger partial charge in [-0.1, -0.05) is 12.1 Å². The predicted octanol–water partition coefficient (Wildman–Crippen LogP) is 0.688. The topological polar surface area (TPSA) is 58.4 Å². The lowest BCUT2D eigenvalue weighted by molar-refractivity contribution is -0.116. The Balaban J connectivity index is 2.51. The fourth-order valence-corrected chi connectivity index (χ4v) is 1.41. The number of benzene rings is 1. The number of carbonyl (C=O) groups is 1. The van der Waals surface area contributed by atoms with Gasteiger partial charge in [0.05, 0.1) is 6.54 Å². The zero-order valence-corrected chi connectivity index (χ0v) is 9.86. The predicted molar refractivity (Wildman–Crippen MR) is 66.4 cm³/mol. The van der Waals surface area contributed by atoms with Gasteiger partial charge in [0.25, 0.3) is 0 Å². The molecule has 16 heavy (non-hydrogen) atoms. The summed E-state index contributed by atoms with van der Waals surface area (Å²) in [5.41, 5.74) is 7.47. The van der Waals surface area contributed by atoms with Crippen molar-refractivity contribution in [2.45, 2.75) is 6.42 Å². The number of hydrogen-bond donors (Lipinski definition) is 2. The van der Waals surface area contributed by atoms with Crippen molar-refractivity contribution < 1.29 is 4.79 Å². The van der Waals surface area contributed by atoms with Crippen LogP contribution in [0.25, 0.3) is 0 Å². The van der Waals surface area contributed by atoms with E-state index in [2.05, 4.69) is 5.32 Å². The molecule has 0 saturated carbocycles. The van der Waals surface area contributed by atoms with Crippen LogP contribution in [0.2, 0.25) is 0 Å². The summed E-state index contributed by atoms with van der Waals surface area (Å²) in [5.74, 6) is -0.00317. The van der Waals surface area contributed by atoms with Crippen LogP contribution < -0.4 is 11.1 Å². The lowest BCUT2D eigenvalue weighted by atomic mass is 10.1. The normalized spacial score (nSPS) is 10.5. The van der Waals surface area contributed by atoms with Crippen molar-refractivity contribution >= 4 is 11.6 Å². The number of amides is 1. The molecular weight excluding hydrogens is 202 g/mol. The number of carbonyl (C=O) groups excluding carboxylic acids is 1. The molecule has 1 rings (SSSR count). The number of nitrogens with two attached hydrogens (primary N) is 1. The molecule has 4 heteroatoms. The molecule has 0 spiro atoms. The number of rotatable bonds is 5. The van der Waals surface area contributed by atoms with E-state index in [0.717, 1.165) is 12.1 Å². The van der Waals surface area contributed by atoms with E-state index in [1.807, 2.05) is 43.3 Å². The SMILES string of the molecule is CN(C)CC(=O)Nc1ccc(CCN)cc1. The second kappa shape index (κ2) is 6.25. The zero-order chi connectivity index (χ0) is 12.0. The third kappa shape index (κ3) is 4.42. The maximum atomic E-state index is 11.5. The lowest BCUT2D eigenvalue weighted by Crippen LogP contribution is -2.27. The van der Waals surface area contributed by atoms with Gasteiger partial charge in [-0.2, -0.15) is 0 Å². The molecule has 1 amide bonds. The van der Waals surface area contributed by atoms with Crippen molar-refractivity contribution in [2.75, 3.05) is 32.5 Å². The van der Waals surface area contributed by atoms with Crippen molar-refractivity contribution in [3.63, 3.8) is 0 Å². The first kappa shape index (κ1) is 12.7. The minimum absolute atomic E-state index is 0.00317. The standard InChI is InChI=1S/C12H19N3O/c1-15(2)9-12(16)14-11-5-3-10(4-6-11)7-8-13/h3-6H,7-9,13H2,1-2H3,(H,14,16).